The number of benzene rings is 1. The zero-order valence-electron chi connectivity index (χ0n) is 34.9. The molecule has 1 saturated heterocycles. The predicted octanol–water partition coefficient (Wildman–Crippen LogP) is 4.72. The molecule has 7 atom stereocenters. The Morgan fingerprint density at radius 1 is 1.02 bits per heavy atom. The number of hydrogen-bond donors (Lipinski definition) is 4. The van der Waals surface area contributed by atoms with Gasteiger partial charge >= 0.3 is 6.09 Å². The minimum atomic E-state index is -3.93. The lowest BCUT2D eigenvalue weighted by atomic mass is 9.66. The summed E-state index contributed by atoms with van der Waals surface area (Å²) in [6.45, 7) is 4.71. The molecular formula is C45H60N6O9S. The summed E-state index contributed by atoms with van der Waals surface area (Å²) in [5.74, 6) is -1.47. The smallest absolute Gasteiger partial charge is 0.408 e. The van der Waals surface area contributed by atoms with E-state index >= 15 is 4.79 Å². The van der Waals surface area contributed by atoms with Crippen molar-refractivity contribution in [2.45, 2.75) is 138 Å². The molecule has 4 amide bonds. The number of aromatic nitrogens is 1. The van der Waals surface area contributed by atoms with Crippen LogP contribution < -0.4 is 30.6 Å². The first-order valence-electron chi connectivity index (χ1n) is 22.4. The van der Waals surface area contributed by atoms with E-state index in [2.05, 4.69) is 34.1 Å². The maximum atomic E-state index is 15.1. The van der Waals surface area contributed by atoms with Crippen molar-refractivity contribution in [3.63, 3.8) is 0 Å². The minimum absolute atomic E-state index is 0.0190. The van der Waals surface area contributed by atoms with Crippen LogP contribution in [0.1, 0.15) is 102 Å². The topological polar surface area (TPSA) is 208 Å². The lowest BCUT2D eigenvalue weighted by Gasteiger charge is -2.47. The first kappa shape index (κ1) is 43.0. The van der Waals surface area contributed by atoms with Crippen molar-refractivity contribution in [1.29, 1.82) is 0 Å². The zero-order valence-corrected chi connectivity index (χ0v) is 35.7. The number of sulfonamides is 1. The molecule has 8 rings (SSSR count). The van der Waals surface area contributed by atoms with Crippen molar-refractivity contribution in [1.82, 2.24) is 25.2 Å². The van der Waals surface area contributed by atoms with Gasteiger partial charge in [-0.15, -0.1) is 6.58 Å². The Balaban J connectivity index is 1.17. The third-order valence-corrected chi connectivity index (χ3v) is 15.6. The van der Waals surface area contributed by atoms with Gasteiger partial charge in [0, 0.05) is 17.7 Å². The Labute approximate surface area is 358 Å². The fourth-order valence-electron chi connectivity index (χ4n) is 10.1. The molecule has 0 spiro atoms. The Morgan fingerprint density at radius 2 is 1.80 bits per heavy atom. The van der Waals surface area contributed by atoms with E-state index < -0.39 is 68.7 Å². The molecule has 7 unspecified atom stereocenters. The van der Waals surface area contributed by atoms with Crippen molar-refractivity contribution in [3.8, 4) is 11.6 Å². The first-order valence-corrected chi connectivity index (χ1v) is 23.9. The highest BCUT2D eigenvalue weighted by molar-refractivity contribution is 7.91. The molecule has 15 nitrogen and oxygen atoms in total. The number of hydrogen-bond acceptors (Lipinski definition) is 11. The molecule has 61 heavy (non-hydrogen) atoms. The number of fused-ring (bicyclic) bond motifs is 5. The van der Waals surface area contributed by atoms with E-state index in [-0.39, 0.29) is 37.3 Å². The van der Waals surface area contributed by atoms with Crippen molar-refractivity contribution >= 4 is 44.7 Å². The molecule has 4 saturated carbocycles. The van der Waals surface area contributed by atoms with Gasteiger partial charge in [0.25, 0.3) is 5.91 Å². The maximum Gasteiger partial charge on any atom is 0.408 e. The highest BCUT2D eigenvalue weighted by atomic mass is 32.2. The van der Waals surface area contributed by atoms with Crippen LogP contribution in [0.3, 0.4) is 0 Å². The Hall–Kier alpha value is -4.70. The number of alkyl carbamates (subject to hydrolysis) is 1. The number of nitrogens with zero attached hydrogens (tertiary/aromatic N) is 2. The highest BCUT2D eigenvalue weighted by Gasteiger charge is 2.56. The summed E-state index contributed by atoms with van der Waals surface area (Å²) in [4.78, 5) is 63.9. The van der Waals surface area contributed by atoms with Crippen LogP contribution in [0, 0.1) is 17.8 Å². The fraction of sp³-hybridized carbons (Fsp3) is 0.622. The van der Waals surface area contributed by atoms with Gasteiger partial charge in [-0.3, -0.25) is 19.1 Å². The summed E-state index contributed by atoms with van der Waals surface area (Å²) < 4.78 is 47.5. The quantitative estimate of drug-likeness (QED) is 0.180. The molecule has 5 N–H and O–H groups in total. The van der Waals surface area contributed by atoms with Crippen LogP contribution in [0.5, 0.6) is 11.6 Å². The number of para-hydroxylation sites is 1. The summed E-state index contributed by atoms with van der Waals surface area (Å²) in [7, 11) is -3.93. The van der Waals surface area contributed by atoms with Gasteiger partial charge in [0.15, 0.2) is 0 Å². The van der Waals surface area contributed by atoms with Crippen molar-refractivity contribution in [2.75, 3.05) is 19.7 Å². The van der Waals surface area contributed by atoms with Gasteiger partial charge < -0.3 is 35.5 Å². The van der Waals surface area contributed by atoms with Crippen LogP contribution >= 0.6 is 0 Å². The lowest BCUT2D eigenvalue weighted by molar-refractivity contribution is -0.145. The number of pyridine rings is 1. The van der Waals surface area contributed by atoms with Crippen LogP contribution in [0.2, 0.25) is 0 Å². The highest BCUT2D eigenvalue weighted by Crippen LogP contribution is 2.42. The van der Waals surface area contributed by atoms with Gasteiger partial charge in [-0.1, -0.05) is 43.2 Å². The van der Waals surface area contributed by atoms with Crippen LogP contribution in [0.25, 0.3) is 10.9 Å². The fourth-order valence-corrected chi connectivity index (χ4v) is 11.5. The van der Waals surface area contributed by atoms with Gasteiger partial charge in [0.2, 0.25) is 27.7 Å². The van der Waals surface area contributed by atoms with E-state index in [1.54, 1.807) is 6.08 Å². The van der Waals surface area contributed by atoms with Crippen molar-refractivity contribution in [3.05, 3.63) is 54.6 Å². The number of rotatable bonds is 11. The summed E-state index contributed by atoms with van der Waals surface area (Å²) in [6.07, 6.45) is 14.3. The molecule has 1 aromatic heterocycles. The van der Waals surface area contributed by atoms with E-state index in [0.29, 0.717) is 62.4 Å². The largest absolute Gasteiger partial charge is 0.492 e. The molecule has 3 heterocycles. The number of amides is 4. The monoisotopic (exact) mass is 860 g/mol. The van der Waals surface area contributed by atoms with Crippen LogP contribution in [0.15, 0.2) is 49.1 Å². The minimum Gasteiger partial charge on any atom is -0.492 e. The maximum absolute atomic E-state index is 15.1. The predicted molar refractivity (Wildman–Crippen MR) is 228 cm³/mol. The van der Waals surface area contributed by atoms with E-state index in [4.69, 9.17) is 24.9 Å². The third-order valence-electron chi connectivity index (χ3n) is 13.8. The molecule has 2 bridgehead atoms. The van der Waals surface area contributed by atoms with Crippen molar-refractivity contribution < 1.29 is 41.8 Å². The summed E-state index contributed by atoms with van der Waals surface area (Å²) >= 11 is 0. The van der Waals surface area contributed by atoms with E-state index in [1.807, 2.05) is 24.3 Å². The number of carbonyl (C=O) groups excluding carboxylic acids is 4. The summed E-state index contributed by atoms with van der Waals surface area (Å²) in [5.41, 5.74) is 5.66. The van der Waals surface area contributed by atoms with Crippen LogP contribution in [-0.4, -0.2) is 96.9 Å². The second-order valence-corrected chi connectivity index (χ2v) is 19.7. The van der Waals surface area contributed by atoms with Gasteiger partial charge in [-0.2, -0.15) is 0 Å². The normalized spacial score (nSPS) is 29.8. The summed E-state index contributed by atoms with van der Waals surface area (Å²) in [5, 5.41) is 6.07. The number of nitrogens with one attached hydrogen (secondary N) is 3. The van der Waals surface area contributed by atoms with Crippen LogP contribution in [-0.2, 0) is 35.6 Å². The molecular weight excluding hydrogens is 801 g/mol. The average molecular weight is 861 g/mol. The average Bonchev–Trinajstić information content (AvgIpc) is 3.56. The van der Waals surface area contributed by atoms with Gasteiger partial charge in [0.1, 0.15) is 35.6 Å². The molecule has 16 heteroatoms. The number of allylic oxidation sites excluding steroid dienone is 2. The Bertz CT molecular complexity index is 2140. The Kier molecular flexibility index (Phi) is 12.9. The molecule has 2 aliphatic heterocycles. The molecule has 1 aromatic carbocycles. The number of nitrogens with two attached hydrogens (primary N) is 1. The summed E-state index contributed by atoms with van der Waals surface area (Å²) in [6, 6.07) is 5.56. The lowest BCUT2D eigenvalue weighted by Crippen LogP contribution is -2.70. The van der Waals surface area contributed by atoms with E-state index in [0.717, 1.165) is 68.7 Å². The van der Waals surface area contributed by atoms with Gasteiger partial charge in [0.05, 0.1) is 29.5 Å². The van der Waals surface area contributed by atoms with E-state index in [9.17, 15) is 22.8 Å². The molecule has 0 radical (unpaired) electrons. The SMILES string of the molecule is C=CC1CCC1(NC(=O)C1CC2CN1C(=O)C(C1CCCC1)NC(=O)OC1CCCC1CCC=CCc1c(nc3ccccc3c1OCCCN)O2)C(=O)NS(=O)(=O)C1CC1. The Morgan fingerprint density at radius 3 is 2.54 bits per heavy atom. The second-order valence-electron chi connectivity index (χ2n) is 17.8. The molecule has 5 fully saturated rings. The second kappa shape index (κ2) is 18.3. The first-order chi connectivity index (χ1) is 29.5. The molecule has 330 valence electrons. The molecule has 2 aromatic rings. The van der Waals surface area contributed by atoms with Gasteiger partial charge in [-0.05, 0) is 114 Å². The molecule has 4 aliphatic carbocycles. The van der Waals surface area contributed by atoms with E-state index in [1.165, 1.54) is 4.90 Å². The van der Waals surface area contributed by atoms with Crippen LogP contribution in [0.4, 0.5) is 4.79 Å². The number of carbonyl (C=O) groups is 4. The van der Waals surface area contributed by atoms with Crippen molar-refractivity contribution in [2.24, 2.45) is 23.5 Å². The molecule has 6 aliphatic rings. The zero-order chi connectivity index (χ0) is 42.7. The number of ether oxygens (including phenoxy) is 3. The van der Waals surface area contributed by atoms with Gasteiger partial charge in [-0.25, -0.2) is 18.2 Å². The standard InChI is InChI=1S/C45H60N6O9S/c1-2-30-22-23-45(30,43(54)50-61(56,57)32-20-21-32)49-40(52)36-26-31-27-51(36)42(53)38(29-13-6-7-14-29)48-44(55)60-37-19-10-15-28(37)12-4-3-5-17-34-39(58-25-11-24-46)33-16-8-9-18-35(33)47-41(34)59-31/h2-3,5,8-9,16,18,28-32,36-38H,1,4,6-7,10-15,17,19-27,46H2,(H,48,55)(H,49,52)(H,50,54). The third kappa shape index (κ3) is 9.11.